The third kappa shape index (κ3) is 4.78. The van der Waals surface area contributed by atoms with Gasteiger partial charge in [0.05, 0.1) is 29.2 Å². The number of nitrogens with zero attached hydrogens (tertiary/aromatic N) is 2. The van der Waals surface area contributed by atoms with Gasteiger partial charge in [0.25, 0.3) is 5.91 Å². The first kappa shape index (κ1) is 29.9. The summed E-state index contributed by atoms with van der Waals surface area (Å²) >= 11 is 5.35. The standard InChI is InChI=1S/C30H39BrN2O5S/c1-7-13-32(24-18(5)11-10-12-19(24)6)28(36)26-30-15-20(31)25(39-30)22(29(37)38-14-8-2)23(30)27(35)33(26)21(16-34)17(4)9-3/h7-8,10-12,17,20-23,25-26,34H,1-2,9,13-16H2,3-6H3/t17-,20?,21-,22-,23-,25-,26?,30?/m0/s1. The van der Waals surface area contributed by atoms with Crippen molar-refractivity contribution in [2.75, 3.05) is 24.7 Å². The number of aliphatic hydroxyl groups excluding tert-OH is 1. The van der Waals surface area contributed by atoms with Crippen molar-refractivity contribution in [2.24, 2.45) is 17.8 Å². The lowest BCUT2D eigenvalue weighted by atomic mass is 9.71. The van der Waals surface area contributed by atoms with Gasteiger partial charge in [-0.3, -0.25) is 14.4 Å². The number of para-hydroxylation sites is 1. The molecular formula is C30H39BrN2O5S. The summed E-state index contributed by atoms with van der Waals surface area (Å²) in [6.07, 6.45) is 4.49. The molecule has 0 radical (unpaired) electrons. The summed E-state index contributed by atoms with van der Waals surface area (Å²) < 4.78 is 4.65. The molecule has 3 unspecified atom stereocenters. The van der Waals surface area contributed by atoms with Gasteiger partial charge in [-0.2, -0.15) is 0 Å². The van der Waals surface area contributed by atoms with Crippen molar-refractivity contribution in [1.82, 2.24) is 4.90 Å². The molecule has 2 amide bonds. The van der Waals surface area contributed by atoms with E-state index in [1.165, 1.54) is 6.08 Å². The predicted octanol–water partition coefficient (Wildman–Crippen LogP) is 4.42. The number of carbonyl (C=O) groups is 3. The third-order valence-electron chi connectivity index (χ3n) is 8.71. The van der Waals surface area contributed by atoms with Crippen LogP contribution in [0.2, 0.25) is 0 Å². The second-order valence-electron chi connectivity index (χ2n) is 10.9. The van der Waals surface area contributed by atoms with Crippen LogP contribution in [0, 0.1) is 31.6 Å². The zero-order valence-electron chi connectivity index (χ0n) is 23.1. The number of amides is 2. The SMILES string of the molecule is C=CCOC(=O)[C@H]1[C@H]2C(=O)N([C@@H](CO)[C@@H](C)CC)C(C(=O)N(CC=C)c3c(C)cccc3C)C23CC(Br)[C@@H]1S3. The van der Waals surface area contributed by atoms with Crippen molar-refractivity contribution in [1.29, 1.82) is 0 Å². The second-order valence-corrected chi connectivity index (χ2v) is 13.7. The lowest BCUT2D eigenvalue weighted by Crippen LogP contribution is -2.59. The van der Waals surface area contributed by atoms with E-state index < -0.39 is 34.6 Å². The number of ether oxygens (including phenoxy) is 1. The summed E-state index contributed by atoms with van der Waals surface area (Å²) in [6.45, 7) is 15.6. The first-order valence-electron chi connectivity index (χ1n) is 13.6. The molecule has 1 aromatic rings. The Balaban J connectivity index is 1.89. The normalized spacial score (nSPS) is 30.6. The molecule has 3 aliphatic rings. The fourth-order valence-corrected chi connectivity index (χ4v) is 10.4. The van der Waals surface area contributed by atoms with E-state index in [0.29, 0.717) is 6.42 Å². The molecule has 3 saturated heterocycles. The molecule has 0 aromatic heterocycles. The highest BCUT2D eigenvalue weighted by molar-refractivity contribution is 9.09. The number of alkyl halides is 1. The zero-order valence-corrected chi connectivity index (χ0v) is 25.5. The number of anilines is 1. The maximum Gasteiger partial charge on any atom is 0.311 e. The van der Waals surface area contributed by atoms with Crippen LogP contribution in [0.15, 0.2) is 43.5 Å². The zero-order chi connectivity index (χ0) is 28.6. The molecule has 1 spiro atoms. The Morgan fingerprint density at radius 3 is 2.54 bits per heavy atom. The summed E-state index contributed by atoms with van der Waals surface area (Å²) in [5.74, 6) is -2.35. The number of halogens is 1. The average molecular weight is 620 g/mol. The monoisotopic (exact) mass is 618 g/mol. The van der Waals surface area contributed by atoms with Crippen molar-refractivity contribution in [3.63, 3.8) is 0 Å². The number of aliphatic hydroxyl groups is 1. The van der Waals surface area contributed by atoms with Gasteiger partial charge in [-0.05, 0) is 37.3 Å². The minimum Gasteiger partial charge on any atom is -0.461 e. The van der Waals surface area contributed by atoms with Crippen molar-refractivity contribution in [3.05, 3.63) is 54.6 Å². The number of likely N-dealkylation sites (tertiary alicyclic amines) is 1. The van der Waals surface area contributed by atoms with E-state index in [0.717, 1.165) is 23.2 Å². The first-order valence-corrected chi connectivity index (χ1v) is 15.4. The molecule has 3 fully saturated rings. The summed E-state index contributed by atoms with van der Waals surface area (Å²) in [4.78, 5) is 45.9. The number of rotatable bonds is 11. The molecule has 212 valence electrons. The Morgan fingerprint density at radius 2 is 1.97 bits per heavy atom. The molecule has 9 heteroatoms. The minimum absolute atomic E-state index is 0.0503. The number of carbonyl (C=O) groups excluding carboxylic acids is 3. The Bertz CT molecular complexity index is 1140. The Morgan fingerprint density at radius 1 is 1.31 bits per heavy atom. The van der Waals surface area contributed by atoms with Crippen LogP contribution in [-0.2, 0) is 19.1 Å². The van der Waals surface area contributed by atoms with Crippen molar-refractivity contribution in [3.8, 4) is 0 Å². The molecule has 3 heterocycles. The lowest BCUT2D eigenvalue weighted by Gasteiger charge is -2.41. The number of benzene rings is 1. The minimum atomic E-state index is -0.854. The van der Waals surface area contributed by atoms with E-state index in [9.17, 15) is 19.5 Å². The average Bonchev–Trinajstić information content (AvgIpc) is 3.50. The molecule has 0 aliphatic carbocycles. The molecule has 8 atom stereocenters. The van der Waals surface area contributed by atoms with E-state index in [1.54, 1.807) is 27.6 Å². The number of hydrogen-bond donors (Lipinski definition) is 1. The van der Waals surface area contributed by atoms with Crippen LogP contribution in [0.3, 0.4) is 0 Å². The van der Waals surface area contributed by atoms with Crippen molar-refractivity contribution >= 4 is 51.2 Å². The number of aryl methyl sites for hydroxylation is 2. The Labute approximate surface area is 244 Å². The summed E-state index contributed by atoms with van der Waals surface area (Å²) in [7, 11) is 0. The van der Waals surface area contributed by atoms with Gasteiger partial charge in [0.15, 0.2) is 0 Å². The largest absolute Gasteiger partial charge is 0.461 e. The van der Waals surface area contributed by atoms with E-state index in [1.807, 2.05) is 45.9 Å². The molecule has 1 N–H and O–H groups in total. The van der Waals surface area contributed by atoms with Crippen LogP contribution in [-0.4, -0.2) is 74.5 Å². The number of esters is 1. The highest BCUT2D eigenvalue weighted by atomic mass is 79.9. The van der Waals surface area contributed by atoms with Crippen LogP contribution < -0.4 is 4.90 Å². The van der Waals surface area contributed by atoms with Gasteiger partial charge in [-0.25, -0.2) is 0 Å². The summed E-state index contributed by atoms with van der Waals surface area (Å²) in [5, 5.41) is 10.4. The van der Waals surface area contributed by atoms with Crippen LogP contribution in [0.5, 0.6) is 0 Å². The smallest absolute Gasteiger partial charge is 0.311 e. The fraction of sp³-hybridized carbons (Fsp3) is 0.567. The van der Waals surface area contributed by atoms with Gasteiger partial charge >= 0.3 is 5.97 Å². The molecule has 3 aliphatic heterocycles. The van der Waals surface area contributed by atoms with E-state index in [2.05, 4.69) is 29.1 Å². The Kier molecular flexibility index (Phi) is 9.03. The summed E-state index contributed by atoms with van der Waals surface area (Å²) in [5.41, 5.74) is 2.69. The number of thioether (sulfide) groups is 1. The number of fused-ring (bicyclic) bond motifs is 1. The predicted molar refractivity (Wildman–Crippen MR) is 159 cm³/mol. The topological polar surface area (TPSA) is 87.1 Å². The van der Waals surface area contributed by atoms with Gasteiger partial charge in [-0.1, -0.05) is 73.1 Å². The van der Waals surface area contributed by atoms with Gasteiger partial charge < -0.3 is 19.6 Å². The molecule has 4 rings (SSSR count). The first-order chi connectivity index (χ1) is 18.6. The highest BCUT2D eigenvalue weighted by Gasteiger charge is 2.77. The number of hydrogen-bond acceptors (Lipinski definition) is 6. The van der Waals surface area contributed by atoms with E-state index in [-0.39, 0.29) is 47.6 Å². The van der Waals surface area contributed by atoms with Gasteiger partial charge in [0.1, 0.15) is 12.6 Å². The van der Waals surface area contributed by atoms with Crippen LogP contribution in [0.25, 0.3) is 0 Å². The van der Waals surface area contributed by atoms with Gasteiger partial charge in [0.2, 0.25) is 5.91 Å². The van der Waals surface area contributed by atoms with Crippen molar-refractivity contribution < 1.29 is 24.2 Å². The van der Waals surface area contributed by atoms with Gasteiger partial charge in [-0.15, -0.1) is 18.3 Å². The Hall–Kier alpha value is -2.10. The van der Waals surface area contributed by atoms with Crippen LogP contribution >= 0.6 is 27.7 Å². The maximum atomic E-state index is 14.9. The fourth-order valence-electron chi connectivity index (χ4n) is 6.82. The molecule has 7 nitrogen and oxygen atoms in total. The van der Waals surface area contributed by atoms with Crippen LogP contribution in [0.4, 0.5) is 5.69 Å². The maximum absolute atomic E-state index is 14.9. The molecule has 0 saturated carbocycles. The van der Waals surface area contributed by atoms with Crippen LogP contribution in [0.1, 0.15) is 37.8 Å². The molecule has 1 aromatic carbocycles. The highest BCUT2D eigenvalue weighted by Crippen LogP contribution is 2.68. The molecule has 39 heavy (non-hydrogen) atoms. The lowest BCUT2D eigenvalue weighted by molar-refractivity contribution is -0.153. The second kappa shape index (κ2) is 11.8. The van der Waals surface area contributed by atoms with E-state index in [4.69, 9.17) is 4.74 Å². The molecular weight excluding hydrogens is 580 g/mol. The van der Waals surface area contributed by atoms with E-state index >= 15 is 0 Å². The molecule has 2 bridgehead atoms. The van der Waals surface area contributed by atoms with Crippen molar-refractivity contribution in [2.45, 2.75) is 67.4 Å². The third-order valence-corrected chi connectivity index (χ3v) is 11.9. The summed E-state index contributed by atoms with van der Waals surface area (Å²) in [6, 6.07) is 4.48. The quantitative estimate of drug-likeness (QED) is 0.224. The van der Waals surface area contributed by atoms with Gasteiger partial charge in [0, 0.05) is 22.3 Å².